The van der Waals surface area contributed by atoms with Crippen LogP contribution in [0.5, 0.6) is 0 Å². The Bertz CT molecular complexity index is 1210. The van der Waals surface area contributed by atoms with Crippen LogP contribution in [0.3, 0.4) is 0 Å². The molecule has 1 nitrogen and oxygen atoms in total. The minimum absolute atomic E-state index is 0.0654. The molecule has 0 fully saturated rings. The molecule has 0 N–H and O–H groups in total. The van der Waals surface area contributed by atoms with Crippen molar-refractivity contribution >= 4 is 27.1 Å². The highest BCUT2D eigenvalue weighted by Gasteiger charge is 2.34. The molecule has 4 aromatic carbocycles. The van der Waals surface area contributed by atoms with E-state index in [0.29, 0.717) is 0 Å². The lowest BCUT2D eigenvalue weighted by molar-refractivity contribution is 0.103. The summed E-state index contributed by atoms with van der Waals surface area (Å²) in [4.78, 5) is 17.0. The quantitative estimate of drug-likeness (QED) is 0.238. The van der Waals surface area contributed by atoms with Crippen molar-refractivity contribution in [2.45, 2.75) is 18.9 Å². The van der Waals surface area contributed by atoms with Crippen LogP contribution in [0.1, 0.15) is 15.9 Å². The van der Waals surface area contributed by atoms with Crippen molar-refractivity contribution in [3.63, 3.8) is 0 Å². The van der Waals surface area contributed by atoms with Crippen molar-refractivity contribution < 1.29 is 4.79 Å². The van der Waals surface area contributed by atoms with Gasteiger partial charge in [-0.2, -0.15) is 0 Å². The van der Waals surface area contributed by atoms with Crippen LogP contribution < -0.4 is 0 Å². The van der Waals surface area contributed by atoms with Gasteiger partial charge in [0.25, 0.3) is 0 Å². The lowest BCUT2D eigenvalue weighted by Gasteiger charge is -2.40. The summed E-state index contributed by atoms with van der Waals surface area (Å²) in [5.41, 5.74) is 1.47. The highest BCUT2D eigenvalue weighted by Crippen LogP contribution is 2.74. The summed E-state index contributed by atoms with van der Waals surface area (Å²) in [6.45, 7) is 0. The van der Waals surface area contributed by atoms with E-state index >= 15 is 0 Å². The van der Waals surface area contributed by atoms with Crippen LogP contribution in [0.2, 0.25) is 0 Å². The summed E-state index contributed by atoms with van der Waals surface area (Å²) >= 11 is 1.68. The van der Waals surface area contributed by atoms with Gasteiger partial charge in [-0.25, -0.2) is 0 Å². The van der Waals surface area contributed by atoms with Crippen molar-refractivity contribution in [2.75, 3.05) is 0 Å². The first-order chi connectivity index (χ1) is 15.8. The SMILES string of the molecule is O=C(c1ccccc1)c1csc(S(c2ccccc2)(c2ccccc2)c2ccccc2)c1. The zero-order valence-electron chi connectivity index (χ0n) is 17.4. The number of hydrogen-bond donors (Lipinski definition) is 0. The van der Waals surface area contributed by atoms with Gasteiger partial charge in [0.1, 0.15) is 0 Å². The second-order valence-electron chi connectivity index (χ2n) is 7.40. The first kappa shape index (κ1) is 20.5. The number of thiophene rings is 1. The Balaban J connectivity index is 1.76. The van der Waals surface area contributed by atoms with E-state index in [4.69, 9.17) is 0 Å². The first-order valence-corrected chi connectivity index (χ1v) is 13.0. The molecule has 156 valence electrons. The summed E-state index contributed by atoms with van der Waals surface area (Å²) in [5.74, 6) is 0.0654. The summed E-state index contributed by atoms with van der Waals surface area (Å²) in [5, 5.41) is 2.02. The topological polar surface area (TPSA) is 17.1 Å². The molecule has 0 aliphatic heterocycles. The Morgan fingerprint density at radius 1 is 0.531 bits per heavy atom. The second-order valence-corrected chi connectivity index (χ2v) is 11.6. The first-order valence-electron chi connectivity index (χ1n) is 10.5. The third-order valence-corrected chi connectivity index (χ3v) is 10.9. The van der Waals surface area contributed by atoms with Gasteiger partial charge < -0.3 is 0 Å². The van der Waals surface area contributed by atoms with Gasteiger partial charge in [0.2, 0.25) is 0 Å². The molecule has 0 aliphatic carbocycles. The summed E-state index contributed by atoms with van der Waals surface area (Å²) in [6.07, 6.45) is 0. The molecule has 1 heterocycles. The third kappa shape index (κ3) is 3.60. The van der Waals surface area contributed by atoms with Gasteiger partial charge in [0, 0.05) is 31.2 Å². The van der Waals surface area contributed by atoms with E-state index in [-0.39, 0.29) is 5.78 Å². The number of benzene rings is 4. The fourth-order valence-corrected chi connectivity index (χ4v) is 9.70. The number of carbonyl (C=O) groups excluding carboxylic acids is 1. The van der Waals surface area contributed by atoms with Gasteiger partial charge >= 0.3 is 0 Å². The van der Waals surface area contributed by atoms with Crippen LogP contribution in [0.15, 0.2) is 152 Å². The van der Waals surface area contributed by atoms with Gasteiger partial charge in [-0.15, -0.1) is 21.4 Å². The highest BCUT2D eigenvalue weighted by molar-refractivity contribution is 8.35. The van der Waals surface area contributed by atoms with E-state index in [9.17, 15) is 4.79 Å². The standard InChI is InChI=1S/C29H22OS2/c30-29(23-13-5-1-6-14-23)24-21-28(31-22-24)32(25-15-7-2-8-16-25,26-17-9-3-10-18-26)27-19-11-4-12-20-27/h1-22H. The molecule has 0 amide bonds. The average molecular weight is 451 g/mol. The smallest absolute Gasteiger partial charge is 0.193 e. The highest BCUT2D eigenvalue weighted by atomic mass is 32.3. The minimum Gasteiger partial charge on any atom is -0.289 e. The van der Waals surface area contributed by atoms with Gasteiger partial charge in [-0.05, 0) is 42.5 Å². The molecule has 0 atom stereocenters. The van der Waals surface area contributed by atoms with Gasteiger partial charge in [0.05, 0.1) is 4.21 Å². The van der Waals surface area contributed by atoms with Crippen LogP contribution in [0, 0.1) is 0 Å². The molecule has 0 saturated carbocycles. The monoisotopic (exact) mass is 450 g/mol. The predicted octanol–water partition coefficient (Wildman–Crippen LogP) is 8.32. The minimum atomic E-state index is -1.74. The molecular formula is C29H22OS2. The Hall–Kier alpha value is -3.40. The Kier molecular flexibility index (Phi) is 5.76. The van der Waals surface area contributed by atoms with Crippen molar-refractivity contribution in [1.29, 1.82) is 0 Å². The van der Waals surface area contributed by atoms with Crippen molar-refractivity contribution in [2.24, 2.45) is 0 Å². The summed E-state index contributed by atoms with van der Waals surface area (Å²) < 4.78 is 1.21. The van der Waals surface area contributed by atoms with E-state index in [2.05, 4.69) is 97.1 Å². The molecule has 0 radical (unpaired) electrons. The van der Waals surface area contributed by atoms with E-state index in [1.165, 1.54) is 18.9 Å². The van der Waals surface area contributed by atoms with Crippen LogP contribution in [0.25, 0.3) is 0 Å². The maximum Gasteiger partial charge on any atom is 0.193 e. The van der Waals surface area contributed by atoms with Crippen molar-refractivity contribution in [1.82, 2.24) is 0 Å². The fourth-order valence-electron chi connectivity index (χ4n) is 3.98. The van der Waals surface area contributed by atoms with Crippen LogP contribution in [-0.2, 0) is 0 Å². The fraction of sp³-hybridized carbons (Fsp3) is 0. The molecular weight excluding hydrogens is 428 g/mol. The molecule has 0 bridgehead atoms. The Labute approximate surface area is 194 Å². The number of carbonyl (C=O) groups is 1. The predicted molar refractivity (Wildman–Crippen MR) is 134 cm³/mol. The lowest BCUT2D eigenvalue weighted by Crippen LogP contribution is -2.04. The normalized spacial score (nSPS) is 11.8. The van der Waals surface area contributed by atoms with Crippen LogP contribution in [-0.4, -0.2) is 5.78 Å². The number of ketones is 1. The average Bonchev–Trinajstić information content (AvgIpc) is 3.37. The van der Waals surface area contributed by atoms with E-state index < -0.39 is 10.0 Å². The van der Waals surface area contributed by atoms with Crippen LogP contribution in [0.4, 0.5) is 0 Å². The zero-order valence-corrected chi connectivity index (χ0v) is 19.1. The maximum atomic E-state index is 13.2. The molecule has 0 spiro atoms. The van der Waals surface area contributed by atoms with E-state index in [0.717, 1.165) is 11.1 Å². The van der Waals surface area contributed by atoms with Crippen molar-refractivity contribution in [3.05, 3.63) is 144 Å². The summed E-state index contributed by atoms with van der Waals surface area (Å²) in [6, 6.07) is 43.7. The van der Waals surface area contributed by atoms with Gasteiger partial charge in [-0.1, -0.05) is 84.9 Å². The molecule has 0 unspecified atom stereocenters. The number of hydrogen-bond acceptors (Lipinski definition) is 2. The van der Waals surface area contributed by atoms with Crippen LogP contribution >= 0.6 is 21.4 Å². The number of rotatable bonds is 6. The molecule has 3 heteroatoms. The Morgan fingerprint density at radius 3 is 1.38 bits per heavy atom. The van der Waals surface area contributed by atoms with Crippen molar-refractivity contribution in [3.8, 4) is 0 Å². The van der Waals surface area contributed by atoms with E-state index in [1.807, 2.05) is 35.7 Å². The largest absolute Gasteiger partial charge is 0.289 e. The molecule has 5 rings (SSSR count). The molecule has 0 aliphatic rings. The van der Waals surface area contributed by atoms with Gasteiger partial charge in [0.15, 0.2) is 5.78 Å². The third-order valence-electron chi connectivity index (χ3n) is 5.47. The zero-order chi connectivity index (χ0) is 21.8. The molecule has 5 aromatic rings. The Morgan fingerprint density at radius 2 is 0.938 bits per heavy atom. The molecule has 0 saturated heterocycles. The van der Waals surface area contributed by atoms with Gasteiger partial charge in [-0.3, -0.25) is 4.79 Å². The second kappa shape index (κ2) is 8.99. The van der Waals surface area contributed by atoms with E-state index in [1.54, 1.807) is 11.3 Å². The lowest BCUT2D eigenvalue weighted by atomic mass is 10.1. The maximum absolute atomic E-state index is 13.2. The summed E-state index contributed by atoms with van der Waals surface area (Å²) in [7, 11) is -1.74. The molecule has 1 aromatic heterocycles. The molecule has 32 heavy (non-hydrogen) atoms.